The molecular weight excluding hydrogens is 310 g/mol. The van der Waals surface area contributed by atoms with E-state index in [2.05, 4.69) is 0 Å². The van der Waals surface area contributed by atoms with Crippen molar-refractivity contribution in [2.75, 3.05) is 19.8 Å². The molecule has 2 fully saturated rings. The Morgan fingerprint density at radius 3 is 2.75 bits per heavy atom. The Bertz CT molecular complexity index is 597. The lowest BCUT2D eigenvalue weighted by molar-refractivity contribution is -0.147. The van der Waals surface area contributed by atoms with Crippen LogP contribution in [-0.2, 0) is 9.53 Å². The van der Waals surface area contributed by atoms with Crippen LogP contribution in [0.3, 0.4) is 0 Å². The van der Waals surface area contributed by atoms with E-state index >= 15 is 0 Å². The second-order valence-electron chi connectivity index (χ2n) is 6.33. The van der Waals surface area contributed by atoms with Crippen LogP contribution < -0.4 is 4.74 Å². The third-order valence-corrected chi connectivity index (χ3v) is 4.61. The average Bonchev–Trinajstić information content (AvgIpc) is 2.62. The first-order valence-corrected chi connectivity index (χ1v) is 8.53. The van der Waals surface area contributed by atoms with E-state index < -0.39 is 12.0 Å². The molecule has 1 atom stereocenters. The Hall–Kier alpha value is -2.08. The van der Waals surface area contributed by atoms with E-state index in [0.29, 0.717) is 17.9 Å². The highest BCUT2D eigenvalue weighted by molar-refractivity contribution is 5.97. The lowest BCUT2D eigenvalue weighted by Gasteiger charge is -2.33. The molecule has 1 saturated carbocycles. The minimum Gasteiger partial charge on any atom is -0.490 e. The Morgan fingerprint density at radius 1 is 1.21 bits per heavy atom. The van der Waals surface area contributed by atoms with E-state index in [9.17, 15) is 14.7 Å². The molecule has 1 aliphatic heterocycles. The van der Waals surface area contributed by atoms with Crippen molar-refractivity contribution in [2.45, 2.75) is 44.2 Å². The summed E-state index contributed by atoms with van der Waals surface area (Å²) in [5, 5.41) is 9.28. The number of hydrogen-bond donors (Lipinski definition) is 1. The van der Waals surface area contributed by atoms with Gasteiger partial charge in [0.2, 0.25) is 0 Å². The molecule has 2 aliphatic rings. The van der Waals surface area contributed by atoms with Crippen molar-refractivity contribution in [3.63, 3.8) is 0 Å². The second kappa shape index (κ2) is 7.66. The van der Waals surface area contributed by atoms with Crippen LogP contribution in [0, 0.1) is 0 Å². The zero-order chi connectivity index (χ0) is 16.9. The summed E-state index contributed by atoms with van der Waals surface area (Å²) in [4.78, 5) is 25.4. The van der Waals surface area contributed by atoms with Gasteiger partial charge < -0.3 is 19.5 Å². The number of carbonyl (C=O) groups excluding carboxylic acids is 1. The SMILES string of the molecule is O=C(O)C1COCCN1C(=O)c1cccc(OC2CCCCC2)c1. The van der Waals surface area contributed by atoms with Crippen LogP contribution in [0.5, 0.6) is 5.75 Å². The van der Waals surface area contributed by atoms with Gasteiger partial charge >= 0.3 is 5.97 Å². The van der Waals surface area contributed by atoms with Crippen molar-refractivity contribution in [3.05, 3.63) is 29.8 Å². The van der Waals surface area contributed by atoms with Gasteiger partial charge in [0, 0.05) is 12.1 Å². The van der Waals surface area contributed by atoms with Gasteiger partial charge in [-0.3, -0.25) is 4.79 Å². The number of hydrogen-bond acceptors (Lipinski definition) is 4. The molecule has 0 aromatic heterocycles. The number of carboxylic acids is 1. The molecule has 1 aromatic carbocycles. The highest BCUT2D eigenvalue weighted by Gasteiger charge is 2.33. The summed E-state index contributed by atoms with van der Waals surface area (Å²) in [7, 11) is 0. The highest BCUT2D eigenvalue weighted by Crippen LogP contribution is 2.24. The monoisotopic (exact) mass is 333 g/mol. The van der Waals surface area contributed by atoms with Crippen LogP contribution in [-0.4, -0.2) is 53.8 Å². The van der Waals surface area contributed by atoms with Crippen molar-refractivity contribution in [3.8, 4) is 5.75 Å². The van der Waals surface area contributed by atoms with Crippen LogP contribution >= 0.6 is 0 Å². The number of amides is 1. The van der Waals surface area contributed by atoms with E-state index in [-0.39, 0.29) is 25.2 Å². The fourth-order valence-corrected chi connectivity index (χ4v) is 3.30. The molecule has 1 amide bonds. The number of carboxylic acid groups (broad SMARTS) is 1. The molecule has 1 unspecified atom stereocenters. The minimum atomic E-state index is -1.04. The quantitative estimate of drug-likeness (QED) is 0.915. The van der Waals surface area contributed by atoms with Crippen molar-refractivity contribution < 1.29 is 24.2 Å². The number of nitrogens with zero attached hydrogens (tertiary/aromatic N) is 1. The predicted octanol–water partition coefficient (Wildman–Crippen LogP) is 2.32. The van der Waals surface area contributed by atoms with Crippen molar-refractivity contribution in [2.24, 2.45) is 0 Å². The lowest BCUT2D eigenvalue weighted by Crippen LogP contribution is -2.52. The van der Waals surface area contributed by atoms with Crippen molar-refractivity contribution >= 4 is 11.9 Å². The second-order valence-corrected chi connectivity index (χ2v) is 6.33. The minimum absolute atomic E-state index is 0.0271. The average molecular weight is 333 g/mol. The van der Waals surface area contributed by atoms with Gasteiger partial charge in [0.15, 0.2) is 6.04 Å². The number of rotatable bonds is 4. The van der Waals surface area contributed by atoms with Gasteiger partial charge in [-0.1, -0.05) is 12.5 Å². The molecule has 1 heterocycles. The standard InChI is InChI=1S/C18H23NO5/c20-17(19-9-10-23-12-16(19)18(21)22)13-5-4-8-15(11-13)24-14-6-2-1-3-7-14/h4-5,8,11,14,16H,1-3,6-7,9-10,12H2,(H,21,22). The molecule has 6 nitrogen and oxygen atoms in total. The number of morpholine rings is 1. The van der Waals surface area contributed by atoms with Crippen molar-refractivity contribution in [1.82, 2.24) is 4.90 Å². The summed E-state index contributed by atoms with van der Waals surface area (Å²) < 4.78 is 11.2. The van der Waals surface area contributed by atoms with Crippen LogP contribution in [0.25, 0.3) is 0 Å². The smallest absolute Gasteiger partial charge is 0.328 e. The summed E-state index contributed by atoms with van der Waals surface area (Å²) in [6.07, 6.45) is 5.91. The molecule has 130 valence electrons. The molecule has 6 heteroatoms. The van der Waals surface area contributed by atoms with E-state index in [1.807, 2.05) is 6.07 Å². The molecule has 24 heavy (non-hydrogen) atoms. The number of carbonyl (C=O) groups is 2. The molecule has 0 bridgehead atoms. The van der Waals surface area contributed by atoms with Gasteiger partial charge in [-0.05, 0) is 43.9 Å². The number of ether oxygens (including phenoxy) is 2. The summed E-state index contributed by atoms with van der Waals surface area (Å²) >= 11 is 0. The zero-order valence-electron chi connectivity index (χ0n) is 13.6. The maximum Gasteiger partial charge on any atom is 0.328 e. The maximum absolute atomic E-state index is 12.7. The van der Waals surface area contributed by atoms with Crippen LogP contribution in [0.4, 0.5) is 0 Å². The fourth-order valence-electron chi connectivity index (χ4n) is 3.30. The summed E-state index contributed by atoms with van der Waals surface area (Å²) in [6.45, 7) is 0.663. The molecule has 1 saturated heterocycles. The van der Waals surface area contributed by atoms with Gasteiger partial charge in [0.05, 0.1) is 19.3 Å². The van der Waals surface area contributed by atoms with Gasteiger partial charge in [-0.15, -0.1) is 0 Å². The van der Waals surface area contributed by atoms with E-state index in [1.165, 1.54) is 24.2 Å². The number of aliphatic carboxylic acids is 1. The largest absolute Gasteiger partial charge is 0.490 e. The van der Waals surface area contributed by atoms with Crippen LogP contribution in [0.15, 0.2) is 24.3 Å². The van der Waals surface area contributed by atoms with E-state index in [1.54, 1.807) is 18.2 Å². The van der Waals surface area contributed by atoms with E-state index in [0.717, 1.165) is 12.8 Å². The molecule has 1 aliphatic carbocycles. The third-order valence-electron chi connectivity index (χ3n) is 4.61. The van der Waals surface area contributed by atoms with Crippen LogP contribution in [0.2, 0.25) is 0 Å². The Balaban J connectivity index is 1.72. The number of benzene rings is 1. The molecule has 1 N–H and O–H groups in total. The van der Waals surface area contributed by atoms with Crippen molar-refractivity contribution in [1.29, 1.82) is 0 Å². The van der Waals surface area contributed by atoms with Gasteiger partial charge in [-0.2, -0.15) is 0 Å². The lowest BCUT2D eigenvalue weighted by atomic mass is 9.98. The van der Waals surface area contributed by atoms with Gasteiger partial charge in [0.1, 0.15) is 5.75 Å². The molecular formula is C18H23NO5. The Morgan fingerprint density at radius 2 is 2.00 bits per heavy atom. The van der Waals surface area contributed by atoms with Gasteiger partial charge in [0.25, 0.3) is 5.91 Å². The topological polar surface area (TPSA) is 76.1 Å². The molecule has 3 rings (SSSR count). The third kappa shape index (κ3) is 3.87. The first kappa shape index (κ1) is 16.8. The predicted molar refractivity (Wildman–Crippen MR) is 87.2 cm³/mol. The molecule has 0 radical (unpaired) electrons. The maximum atomic E-state index is 12.7. The summed E-state index contributed by atoms with van der Waals surface area (Å²) in [6, 6.07) is 6.10. The molecule has 0 spiro atoms. The van der Waals surface area contributed by atoms with E-state index in [4.69, 9.17) is 9.47 Å². The first-order valence-electron chi connectivity index (χ1n) is 8.53. The summed E-state index contributed by atoms with van der Waals surface area (Å²) in [5.74, 6) is -0.662. The fraction of sp³-hybridized carbons (Fsp3) is 0.556. The molecule has 1 aromatic rings. The first-order chi connectivity index (χ1) is 11.6. The van der Waals surface area contributed by atoms with Gasteiger partial charge in [-0.25, -0.2) is 4.79 Å². The normalized spacial score (nSPS) is 22.2. The Kier molecular flexibility index (Phi) is 5.35. The highest BCUT2D eigenvalue weighted by atomic mass is 16.5. The van der Waals surface area contributed by atoms with Crippen LogP contribution in [0.1, 0.15) is 42.5 Å². The zero-order valence-corrected chi connectivity index (χ0v) is 13.6. The summed E-state index contributed by atoms with van der Waals surface area (Å²) in [5.41, 5.74) is 0.455. The Labute approximate surface area is 141 Å².